The van der Waals surface area contributed by atoms with E-state index in [0.29, 0.717) is 12.1 Å². The monoisotopic (exact) mass is 427 g/mol. The number of benzene rings is 3. The number of carbonyl (C=O) groups excluding carboxylic acids is 1. The van der Waals surface area contributed by atoms with Gasteiger partial charge in [-0.25, -0.2) is 0 Å². The zero-order chi connectivity index (χ0) is 22.1. The lowest BCUT2D eigenvalue weighted by Crippen LogP contribution is -2.45. The van der Waals surface area contributed by atoms with E-state index in [1.165, 1.54) is 27.5 Å². The van der Waals surface area contributed by atoms with Crippen molar-refractivity contribution in [2.24, 2.45) is 0 Å². The molecule has 1 saturated heterocycles. The average Bonchev–Trinajstić information content (AvgIpc) is 3.37. The molecule has 5 rings (SSSR count). The summed E-state index contributed by atoms with van der Waals surface area (Å²) in [7, 11) is 0. The van der Waals surface area contributed by atoms with Gasteiger partial charge in [0.15, 0.2) is 0 Å². The van der Waals surface area contributed by atoms with Crippen molar-refractivity contribution in [3.63, 3.8) is 0 Å². The molecule has 2 aliphatic rings. The van der Waals surface area contributed by atoms with Crippen molar-refractivity contribution >= 4 is 16.7 Å². The van der Waals surface area contributed by atoms with Gasteiger partial charge in [0, 0.05) is 31.2 Å². The molecule has 166 valence electrons. The molecule has 2 N–H and O–H groups in total. The van der Waals surface area contributed by atoms with Crippen molar-refractivity contribution in [1.29, 1.82) is 0 Å². The number of hydrogen-bond acceptors (Lipinski definition) is 3. The van der Waals surface area contributed by atoms with Gasteiger partial charge in [-0.15, -0.1) is 0 Å². The molecule has 2 atom stereocenters. The van der Waals surface area contributed by atoms with Crippen LogP contribution in [0.3, 0.4) is 0 Å². The summed E-state index contributed by atoms with van der Waals surface area (Å²) in [6.45, 7) is 5.76. The van der Waals surface area contributed by atoms with E-state index < -0.39 is 0 Å². The SMILES string of the molecule is CC(C)NC(=O)[C@@H]1C[C@@H](NC2Cc3ccccc3C2)CN1Cc1cccc2ccccc12. The average molecular weight is 428 g/mol. The Kier molecular flexibility index (Phi) is 5.99. The van der Waals surface area contributed by atoms with Crippen molar-refractivity contribution in [3.8, 4) is 0 Å². The van der Waals surface area contributed by atoms with Gasteiger partial charge in [-0.1, -0.05) is 66.7 Å². The topological polar surface area (TPSA) is 44.4 Å². The molecule has 1 aliphatic heterocycles. The van der Waals surface area contributed by atoms with Gasteiger partial charge < -0.3 is 10.6 Å². The Morgan fingerprint density at radius 3 is 2.38 bits per heavy atom. The summed E-state index contributed by atoms with van der Waals surface area (Å²) in [6, 6.07) is 24.6. The minimum atomic E-state index is -0.0994. The summed E-state index contributed by atoms with van der Waals surface area (Å²) in [6.07, 6.45) is 3.02. The fourth-order valence-corrected chi connectivity index (χ4v) is 5.51. The number of rotatable bonds is 6. The Bertz CT molecular complexity index is 1080. The predicted molar refractivity (Wildman–Crippen MR) is 131 cm³/mol. The van der Waals surface area contributed by atoms with E-state index in [2.05, 4.69) is 82.3 Å². The molecule has 1 fully saturated rings. The number of fused-ring (bicyclic) bond motifs is 2. The maximum absolute atomic E-state index is 13.1. The minimum absolute atomic E-state index is 0.0994. The van der Waals surface area contributed by atoms with Gasteiger partial charge in [0.25, 0.3) is 0 Å². The summed E-state index contributed by atoms with van der Waals surface area (Å²) >= 11 is 0. The van der Waals surface area contributed by atoms with E-state index in [1.54, 1.807) is 0 Å². The Morgan fingerprint density at radius 2 is 1.62 bits per heavy atom. The molecule has 0 bridgehead atoms. The van der Waals surface area contributed by atoms with Gasteiger partial charge in [-0.05, 0) is 60.6 Å². The van der Waals surface area contributed by atoms with Crippen molar-refractivity contribution in [2.75, 3.05) is 6.54 Å². The molecule has 0 spiro atoms. The third-order valence-electron chi connectivity index (χ3n) is 6.91. The Hall–Kier alpha value is -2.69. The second-order valence-corrected chi connectivity index (χ2v) is 9.72. The first kappa shape index (κ1) is 21.2. The fourth-order valence-electron chi connectivity index (χ4n) is 5.51. The Morgan fingerprint density at radius 1 is 0.938 bits per heavy atom. The number of amides is 1. The lowest BCUT2D eigenvalue weighted by molar-refractivity contribution is -0.126. The minimum Gasteiger partial charge on any atom is -0.353 e. The molecular formula is C28H33N3O. The number of likely N-dealkylation sites (tertiary alicyclic amines) is 1. The van der Waals surface area contributed by atoms with Crippen molar-refractivity contribution in [2.45, 2.75) is 63.8 Å². The van der Waals surface area contributed by atoms with Gasteiger partial charge in [-0.3, -0.25) is 9.69 Å². The van der Waals surface area contributed by atoms with Crippen LogP contribution in [0.5, 0.6) is 0 Å². The normalized spacial score (nSPS) is 21.3. The molecule has 4 nitrogen and oxygen atoms in total. The molecule has 4 heteroatoms. The quantitative estimate of drug-likeness (QED) is 0.623. The predicted octanol–water partition coefficient (Wildman–Crippen LogP) is 4.06. The van der Waals surface area contributed by atoms with Crippen LogP contribution in [0.1, 0.15) is 37.0 Å². The first-order valence-corrected chi connectivity index (χ1v) is 11.9. The van der Waals surface area contributed by atoms with Crippen LogP contribution in [0.2, 0.25) is 0 Å². The molecule has 0 radical (unpaired) electrons. The van der Waals surface area contributed by atoms with Crippen LogP contribution in [-0.2, 0) is 24.2 Å². The van der Waals surface area contributed by atoms with Crippen LogP contribution in [0.15, 0.2) is 66.7 Å². The lowest BCUT2D eigenvalue weighted by atomic mass is 10.0. The second-order valence-electron chi connectivity index (χ2n) is 9.72. The van der Waals surface area contributed by atoms with Crippen molar-refractivity contribution in [1.82, 2.24) is 15.5 Å². The van der Waals surface area contributed by atoms with E-state index in [-0.39, 0.29) is 18.0 Å². The summed E-state index contributed by atoms with van der Waals surface area (Å²) in [4.78, 5) is 15.5. The molecule has 1 heterocycles. The van der Waals surface area contributed by atoms with Crippen molar-refractivity contribution < 1.29 is 4.79 Å². The van der Waals surface area contributed by atoms with Gasteiger partial charge >= 0.3 is 0 Å². The molecule has 1 amide bonds. The molecule has 0 unspecified atom stereocenters. The first-order chi connectivity index (χ1) is 15.6. The highest BCUT2D eigenvalue weighted by Gasteiger charge is 2.38. The van der Waals surface area contributed by atoms with Gasteiger partial charge in [0.2, 0.25) is 5.91 Å². The Balaban J connectivity index is 1.33. The largest absolute Gasteiger partial charge is 0.353 e. The number of nitrogens with zero attached hydrogens (tertiary/aromatic N) is 1. The summed E-state index contributed by atoms with van der Waals surface area (Å²) in [5.41, 5.74) is 4.22. The number of hydrogen-bond donors (Lipinski definition) is 2. The number of nitrogens with one attached hydrogen (secondary N) is 2. The summed E-state index contributed by atoms with van der Waals surface area (Å²) in [5.74, 6) is 0.152. The lowest BCUT2D eigenvalue weighted by Gasteiger charge is -2.25. The third kappa shape index (κ3) is 4.43. The first-order valence-electron chi connectivity index (χ1n) is 11.9. The van der Waals surface area contributed by atoms with Crippen LogP contribution in [0.4, 0.5) is 0 Å². The zero-order valence-corrected chi connectivity index (χ0v) is 19.1. The molecule has 3 aromatic carbocycles. The molecule has 32 heavy (non-hydrogen) atoms. The standard InChI is InChI=1S/C28H33N3O/c1-19(2)29-28(32)27-16-25(30-24-14-21-9-3-4-10-22(21)15-24)18-31(27)17-23-12-7-11-20-8-5-6-13-26(20)23/h3-13,19,24-25,27,30H,14-18H2,1-2H3,(H,29,32)/t25-,27+/m1/s1. The Labute approximate surface area is 191 Å². The smallest absolute Gasteiger partial charge is 0.237 e. The van der Waals surface area contributed by atoms with Crippen LogP contribution in [0.25, 0.3) is 10.8 Å². The molecule has 1 aliphatic carbocycles. The highest BCUT2D eigenvalue weighted by Crippen LogP contribution is 2.27. The van der Waals surface area contributed by atoms with Gasteiger partial charge in [0.1, 0.15) is 0 Å². The van der Waals surface area contributed by atoms with E-state index >= 15 is 0 Å². The van der Waals surface area contributed by atoms with Gasteiger partial charge in [-0.2, -0.15) is 0 Å². The zero-order valence-electron chi connectivity index (χ0n) is 19.1. The highest BCUT2D eigenvalue weighted by atomic mass is 16.2. The van der Waals surface area contributed by atoms with Crippen LogP contribution in [-0.4, -0.2) is 41.5 Å². The van der Waals surface area contributed by atoms with Crippen LogP contribution >= 0.6 is 0 Å². The van der Waals surface area contributed by atoms with Gasteiger partial charge in [0.05, 0.1) is 6.04 Å². The van der Waals surface area contributed by atoms with Crippen LogP contribution < -0.4 is 10.6 Å². The van der Waals surface area contributed by atoms with E-state index in [0.717, 1.165) is 32.4 Å². The fraction of sp³-hybridized carbons (Fsp3) is 0.393. The highest BCUT2D eigenvalue weighted by molar-refractivity contribution is 5.86. The summed E-state index contributed by atoms with van der Waals surface area (Å²) < 4.78 is 0. The molecule has 0 aromatic heterocycles. The maximum atomic E-state index is 13.1. The molecular weight excluding hydrogens is 394 g/mol. The maximum Gasteiger partial charge on any atom is 0.237 e. The third-order valence-corrected chi connectivity index (χ3v) is 6.91. The van der Waals surface area contributed by atoms with E-state index in [1.807, 2.05) is 13.8 Å². The molecule has 0 saturated carbocycles. The second kappa shape index (κ2) is 9.05. The van der Waals surface area contributed by atoms with E-state index in [4.69, 9.17) is 0 Å². The van der Waals surface area contributed by atoms with E-state index in [9.17, 15) is 4.79 Å². The van der Waals surface area contributed by atoms with Crippen LogP contribution in [0, 0.1) is 0 Å². The molecule has 3 aromatic rings. The summed E-state index contributed by atoms with van der Waals surface area (Å²) in [5, 5.41) is 9.59. The number of carbonyl (C=O) groups is 1. The van der Waals surface area contributed by atoms with Crippen molar-refractivity contribution in [3.05, 3.63) is 83.4 Å².